The van der Waals surface area contributed by atoms with E-state index in [0.29, 0.717) is 13.1 Å². The van der Waals surface area contributed by atoms with E-state index in [0.717, 1.165) is 67.4 Å². The lowest BCUT2D eigenvalue weighted by Gasteiger charge is -2.34. The number of nitrogens with one attached hydrogen (secondary N) is 1. The molecule has 0 saturated carbocycles. The third-order valence-electron chi connectivity index (χ3n) is 6.10. The number of rotatable bonds is 5. The Labute approximate surface area is 179 Å². The fourth-order valence-corrected chi connectivity index (χ4v) is 5.27. The Morgan fingerprint density at radius 2 is 2.13 bits per heavy atom. The topological polar surface area (TPSA) is 87.9 Å². The van der Waals surface area contributed by atoms with Crippen LogP contribution in [0.2, 0.25) is 0 Å². The molecule has 0 spiro atoms. The molecule has 0 radical (unpaired) electrons. The normalized spacial score (nSPS) is 20.5. The minimum atomic E-state index is 0.0710. The Bertz CT molecular complexity index is 1060. The minimum absolute atomic E-state index is 0.0710. The Balaban J connectivity index is 1.24. The van der Waals surface area contributed by atoms with E-state index in [9.17, 15) is 4.79 Å². The zero-order chi connectivity index (χ0) is 20.7. The lowest BCUT2D eigenvalue weighted by atomic mass is 10.2. The summed E-state index contributed by atoms with van der Waals surface area (Å²) in [5.41, 5.74) is 2.10. The molecule has 5 heterocycles. The summed E-state index contributed by atoms with van der Waals surface area (Å²) in [7, 11) is 0. The number of aromatic nitrogens is 4. The molecule has 1 N–H and O–H groups in total. The van der Waals surface area contributed by atoms with Crippen molar-refractivity contribution in [1.82, 2.24) is 29.8 Å². The number of carbonyl (C=O) groups is 1. The summed E-state index contributed by atoms with van der Waals surface area (Å²) >= 11 is 1.71. The largest absolute Gasteiger partial charge is 0.376 e. The predicted octanol–water partition coefficient (Wildman–Crippen LogP) is 1.37. The van der Waals surface area contributed by atoms with Crippen LogP contribution in [0.15, 0.2) is 6.33 Å². The maximum atomic E-state index is 12.3. The van der Waals surface area contributed by atoms with E-state index in [4.69, 9.17) is 9.72 Å². The molecular formula is C20H27N7O2S. The third kappa shape index (κ3) is 3.63. The average Bonchev–Trinajstić information content (AvgIpc) is 3.48. The van der Waals surface area contributed by atoms with Crippen molar-refractivity contribution in [3.8, 4) is 0 Å². The molecule has 2 aliphatic heterocycles. The molecule has 0 bridgehead atoms. The van der Waals surface area contributed by atoms with Gasteiger partial charge in [0.15, 0.2) is 5.65 Å². The van der Waals surface area contributed by atoms with Gasteiger partial charge in [-0.2, -0.15) is 9.61 Å². The van der Waals surface area contributed by atoms with Crippen LogP contribution in [0.25, 0.3) is 15.9 Å². The van der Waals surface area contributed by atoms with Crippen LogP contribution >= 0.6 is 11.3 Å². The molecule has 0 aromatic carbocycles. The number of hydrogen-bond acceptors (Lipinski definition) is 8. The molecule has 5 rings (SSSR count). The van der Waals surface area contributed by atoms with Crippen LogP contribution in [0.4, 0.5) is 5.95 Å². The second-order valence-electron chi connectivity index (χ2n) is 8.07. The van der Waals surface area contributed by atoms with E-state index in [1.807, 2.05) is 4.52 Å². The zero-order valence-electron chi connectivity index (χ0n) is 17.4. The van der Waals surface area contributed by atoms with Gasteiger partial charge in [0.2, 0.25) is 11.9 Å². The number of amides is 1. The molecule has 30 heavy (non-hydrogen) atoms. The highest BCUT2D eigenvalue weighted by molar-refractivity contribution is 7.18. The summed E-state index contributed by atoms with van der Waals surface area (Å²) in [5, 5.41) is 8.55. The fraction of sp³-hybridized carbons (Fsp3) is 0.600. The van der Waals surface area contributed by atoms with E-state index in [1.165, 1.54) is 10.4 Å². The second-order valence-corrected chi connectivity index (χ2v) is 9.28. The lowest BCUT2D eigenvalue weighted by Crippen LogP contribution is -2.50. The number of anilines is 1. The lowest BCUT2D eigenvalue weighted by molar-refractivity contribution is -0.122. The minimum Gasteiger partial charge on any atom is -0.376 e. The van der Waals surface area contributed by atoms with Crippen molar-refractivity contribution in [3.05, 3.63) is 16.8 Å². The van der Waals surface area contributed by atoms with Crippen molar-refractivity contribution in [2.24, 2.45) is 0 Å². The van der Waals surface area contributed by atoms with Gasteiger partial charge in [0.25, 0.3) is 0 Å². The van der Waals surface area contributed by atoms with Crippen LogP contribution in [0, 0.1) is 13.8 Å². The number of carbonyl (C=O) groups excluding carboxylic acids is 1. The first-order valence-electron chi connectivity index (χ1n) is 10.5. The van der Waals surface area contributed by atoms with Gasteiger partial charge in [0.1, 0.15) is 11.2 Å². The number of piperazine rings is 1. The Hall–Kier alpha value is -2.30. The van der Waals surface area contributed by atoms with Crippen LogP contribution in [-0.2, 0) is 9.53 Å². The summed E-state index contributed by atoms with van der Waals surface area (Å²) in [5.74, 6) is 0.903. The van der Waals surface area contributed by atoms with Crippen molar-refractivity contribution >= 4 is 39.1 Å². The maximum Gasteiger partial charge on any atom is 0.234 e. The Morgan fingerprint density at radius 1 is 1.30 bits per heavy atom. The van der Waals surface area contributed by atoms with E-state index in [1.54, 1.807) is 17.7 Å². The second kappa shape index (κ2) is 8.09. The average molecular weight is 430 g/mol. The number of hydrogen-bond donors (Lipinski definition) is 1. The number of fused-ring (bicyclic) bond motifs is 3. The van der Waals surface area contributed by atoms with Crippen molar-refractivity contribution in [1.29, 1.82) is 0 Å². The smallest absolute Gasteiger partial charge is 0.234 e. The van der Waals surface area contributed by atoms with E-state index in [2.05, 4.69) is 39.0 Å². The molecule has 2 aliphatic rings. The van der Waals surface area contributed by atoms with Gasteiger partial charge in [0, 0.05) is 44.2 Å². The fourth-order valence-electron chi connectivity index (χ4n) is 4.25. The molecule has 3 aromatic heterocycles. The maximum absolute atomic E-state index is 12.3. The van der Waals surface area contributed by atoms with Gasteiger partial charge in [-0.05, 0) is 32.3 Å². The number of thiophene rings is 1. The first-order valence-corrected chi connectivity index (χ1v) is 11.4. The molecule has 0 aliphatic carbocycles. The number of nitrogens with zero attached hydrogens (tertiary/aromatic N) is 6. The highest BCUT2D eigenvalue weighted by atomic mass is 32.1. The van der Waals surface area contributed by atoms with Gasteiger partial charge in [-0.25, -0.2) is 9.97 Å². The summed E-state index contributed by atoms with van der Waals surface area (Å²) in [6.07, 6.45) is 3.91. The standard InChI is InChI=1S/C20H27N7O2S/c1-13-14(2)30-19-17(13)18-22-12-23-27(18)20(24-19)26-7-5-25(6-8-26)11-16(28)21-10-15-4-3-9-29-15/h12,15H,3-11H2,1-2H3,(H,21,28)/t15-/m1/s1. The summed E-state index contributed by atoms with van der Waals surface area (Å²) < 4.78 is 7.42. The highest BCUT2D eigenvalue weighted by Gasteiger charge is 2.25. The van der Waals surface area contributed by atoms with Crippen molar-refractivity contribution in [2.75, 3.05) is 50.8 Å². The van der Waals surface area contributed by atoms with E-state index >= 15 is 0 Å². The highest BCUT2D eigenvalue weighted by Crippen LogP contribution is 2.33. The molecule has 3 aromatic rings. The van der Waals surface area contributed by atoms with Gasteiger partial charge < -0.3 is 15.0 Å². The molecular weight excluding hydrogens is 402 g/mol. The monoisotopic (exact) mass is 429 g/mol. The molecule has 2 fully saturated rings. The molecule has 1 amide bonds. The zero-order valence-corrected chi connectivity index (χ0v) is 18.2. The van der Waals surface area contributed by atoms with Crippen LogP contribution in [-0.4, -0.2) is 82.4 Å². The van der Waals surface area contributed by atoms with Crippen molar-refractivity contribution in [3.63, 3.8) is 0 Å². The Kier molecular flexibility index (Phi) is 5.30. The van der Waals surface area contributed by atoms with Crippen molar-refractivity contribution < 1.29 is 9.53 Å². The van der Waals surface area contributed by atoms with Gasteiger partial charge in [0.05, 0.1) is 18.0 Å². The van der Waals surface area contributed by atoms with Gasteiger partial charge >= 0.3 is 0 Å². The van der Waals surface area contributed by atoms with Crippen molar-refractivity contribution in [2.45, 2.75) is 32.8 Å². The predicted molar refractivity (Wildman–Crippen MR) is 116 cm³/mol. The quantitative estimate of drug-likeness (QED) is 0.655. The van der Waals surface area contributed by atoms with E-state index < -0.39 is 0 Å². The Morgan fingerprint density at radius 3 is 2.90 bits per heavy atom. The number of aryl methyl sites for hydroxylation is 2. The summed E-state index contributed by atoms with van der Waals surface area (Å²) in [4.78, 5) is 28.4. The van der Waals surface area contributed by atoms with Crippen LogP contribution < -0.4 is 10.2 Å². The molecule has 2 saturated heterocycles. The number of ether oxygens (including phenoxy) is 1. The SMILES string of the molecule is Cc1sc2nc(N3CCN(CC(=O)NC[C@H]4CCCO4)CC3)n3ncnc3c2c1C. The van der Waals surface area contributed by atoms with Gasteiger partial charge in [-0.3, -0.25) is 9.69 Å². The molecule has 1 atom stereocenters. The summed E-state index contributed by atoms with van der Waals surface area (Å²) in [6.45, 7) is 9.32. The van der Waals surface area contributed by atoms with E-state index in [-0.39, 0.29) is 12.0 Å². The first-order chi connectivity index (χ1) is 14.6. The van der Waals surface area contributed by atoms with Gasteiger partial charge in [-0.1, -0.05) is 0 Å². The van der Waals surface area contributed by atoms with Crippen LogP contribution in [0.1, 0.15) is 23.3 Å². The summed E-state index contributed by atoms with van der Waals surface area (Å²) in [6, 6.07) is 0. The first kappa shape index (κ1) is 19.7. The molecule has 0 unspecified atom stereocenters. The molecule has 10 heteroatoms. The van der Waals surface area contributed by atoms with Crippen LogP contribution in [0.3, 0.4) is 0 Å². The van der Waals surface area contributed by atoms with Crippen LogP contribution in [0.5, 0.6) is 0 Å². The molecule has 9 nitrogen and oxygen atoms in total. The van der Waals surface area contributed by atoms with Gasteiger partial charge in [-0.15, -0.1) is 11.3 Å². The third-order valence-corrected chi connectivity index (χ3v) is 7.20. The molecule has 160 valence electrons.